The van der Waals surface area contributed by atoms with Crippen molar-refractivity contribution in [1.82, 2.24) is 15.1 Å². The zero-order valence-corrected chi connectivity index (χ0v) is 20.2. The van der Waals surface area contributed by atoms with Gasteiger partial charge in [-0.25, -0.2) is 4.39 Å². The van der Waals surface area contributed by atoms with Crippen molar-refractivity contribution >= 4 is 24.0 Å². The van der Waals surface area contributed by atoms with Gasteiger partial charge in [0.25, 0.3) is 0 Å². The number of benzene rings is 2. The molecule has 0 spiro atoms. The predicted molar refractivity (Wildman–Crippen MR) is 134 cm³/mol. The van der Waals surface area contributed by atoms with Crippen LogP contribution in [-0.2, 0) is 17.8 Å². The van der Waals surface area contributed by atoms with Gasteiger partial charge < -0.3 is 15.5 Å². The summed E-state index contributed by atoms with van der Waals surface area (Å²) < 4.78 is 13.1. The van der Waals surface area contributed by atoms with Crippen LogP contribution in [0.5, 0.6) is 0 Å². The van der Waals surface area contributed by atoms with Gasteiger partial charge in [-0.1, -0.05) is 24.3 Å². The van der Waals surface area contributed by atoms with Gasteiger partial charge in [0, 0.05) is 63.5 Å². The Morgan fingerprint density at radius 1 is 1.03 bits per heavy atom. The second-order valence-electron chi connectivity index (χ2n) is 9.21. The Kier molecular flexibility index (Phi) is 9.53. The van der Waals surface area contributed by atoms with Gasteiger partial charge >= 0.3 is 0 Å². The lowest BCUT2D eigenvalue weighted by atomic mass is 10.0. The molecule has 2 saturated heterocycles. The largest absolute Gasteiger partial charge is 0.382 e. The molecule has 1 amide bonds. The van der Waals surface area contributed by atoms with Crippen molar-refractivity contribution in [3.05, 3.63) is 65.5 Å². The number of carbonyl (C=O) groups excluding carboxylic acids is 1. The number of piperazine rings is 1. The highest BCUT2D eigenvalue weighted by atomic mass is 35.5. The molecule has 2 aromatic carbocycles. The summed E-state index contributed by atoms with van der Waals surface area (Å²) in [5.41, 5.74) is 3.50. The highest BCUT2D eigenvalue weighted by Crippen LogP contribution is 2.18. The summed E-state index contributed by atoms with van der Waals surface area (Å²) in [5, 5.41) is 6.93. The fourth-order valence-corrected chi connectivity index (χ4v) is 4.69. The summed E-state index contributed by atoms with van der Waals surface area (Å²) >= 11 is 0. The summed E-state index contributed by atoms with van der Waals surface area (Å²) in [5.74, 6) is 0.0175. The summed E-state index contributed by atoms with van der Waals surface area (Å²) in [4.78, 5) is 17.2. The summed E-state index contributed by atoms with van der Waals surface area (Å²) in [6, 6.07) is 16.1. The van der Waals surface area contributed by atoms with Crippen LogP contribution >= 0.6 is 12.4 Å². The van der Waals surface area contributed by atoms with E-state index in [4.69, 9.17) is 0 Å². The predicted octanol–water partition coefficient (Wildman–Crippen LogP) is 4.08. The van der Waals surface area contributed by atoms with E-state index in [1.54, 1.807) is 12.1 Å². The number of carbonyl (C=O) groups is 1. The van der Waals surface area contributed by atoms with E-state index in [1.165, 1.54) is 23.3 Å². The maximum atomic E-state index is 13.1. The summed E-state index contributed by atoms with van der Waals surface area (Å²) in [7, 11) is 0. The van der Waals surface area contributed by atoms with E-state index in [9.17, 15) is 9.18 Å². The number of anilines is 1. The number of likely N-dealkylation sites (tertiary alicyclic amines) is 1. The maximum absolute atomic E-state index is 13.1. The molecule has 0 aromatic heterocycles. The average molecular weight is 475 g/mol. The van der Waals surface area contributed by atoms with Crippen molar-refractivity contribution in [3.8, 4) is 0 Å². The normalized spacial score (nSPS) is 19.7. The number of rotatable bonds is 7. The van der Waals surface area contributed by atoms with E-state index >= 15 is 0 Å². The van der Waals surface area contributed by atoms with Crippen molar-refractivity contribution in [1.29, 1.82) is 0 Å². The first-order chi connectivity index (χ1) is 15.5. The number of halogens is 2. The highest BCUT2D eigenvalue weighted by Gasteiger charge is 2.22. The average Bonchev–Trinajstić information content (AvgIpc) is 2.80. The topological polar surface area (TPSA) is 47.6 Å². The molecule has 2 heterocycles. The molecular weight excluding hydrogens is 439 g/mol. The molecule has 33 heavy (non-hydrogen) atoms. The van der Waals surface area contributed by atoms with Crippen molar-refractivity contribution in [2.45, 2.75) is 51.2 Å². The minimum Gasteiger partial charge on any atom is -0.382 e. The molecular formula is C26H36ClFN4O. The van der Waals surface area contributed by atoms with Crippen LogP contribution in [0.4, 0.5) is 10.1 Å². The van der Waals surface area contributed by atoms with Crippen LogP contribution in [0, 0.1) is 5.82 Å². The third-order valence-electron chi connectivity index (χ3n) is 6.57. The fourth-order valence-electron chi connectivity index (χ4n) is 4.69. The second-order valence-corrected chi connectivity index (χ2v) is 9.21. The molecule has 2 aliphatic heterocycles. The Balaban J connectivity index is 0.00000306. The molecule has 1 atom stereocenters. The number of aryl methyl sites for hydroxylation is 1. The molecule has 0 radical (unpaired) electrons. The van der Waals surface area contributed by atoms with E-state index < -0.39 is 0 Å². The monoisotopic (exact) mass is 474 g/mol. The molecule has 2 fully saturated rings. The molecule has 0 aliphatic carbocycles. The van der Waals surface area contributed by atoms with Crippen LogP contribution in [-0.4, -0.2) is 60.5 Å². The zero-order valence-electron chi connectivity index (χ0n) is 19.4. The number of hydrogen-bond acceptors (Lipinski definition) is 4. The Hall–Kier alpha value is -2.15. The van der Waals surface area contributed by atoms with Gasteiger partial charge in [-0.2, -0.15) is 0 Å². The fraction of sp³-hybridized carbons (Fsp3) is 0.500. The van der Waals surface area contributed by atoms with E-state index in [0.29, 0.717) is 18.5 Å². The van der Waals surface area contributed by atoms with Gasteiger partial charge in [-0.05, 0) is 61.6 Å². The van der Waals surface area contributed by atoms with Gasteiger partial charge in [0.05, 0.1) is 0 Å². The van der Waals surface area contributed by atoms with Gasteiger partial charge in [-0.3, -0.25) is 9.69 Å². The van der Waals surface area contributed by atoms with Gasteiger partial charge in [0.2, 0.25) is 5.91 Å². The van der Waals surface area contributed by atoms with Crippen LogP contribution < -0.4 is 10.6 Å². The van der Waals surface area contributed by atoms with E-state index in [2.05, 4.69) is 46.7 Å². The molecule has 7 heteroatoms. The second kappa shape index (κ2) is 12.4. The van der Waals surface area contributed by atoms with Crippen molar-refractivity contribution < 1.29 is 9.18 Å². The van der Waals surface area contributed by atoms with Crippen LogP contribution in [0.2, 0.25) is 0 Å². The molecule has 5 nitrogen and oxygen atoms in total. The smallest absolute Gasteiger partial charge is 0.222 e. The SMILES string of the molecule is C[C@H]1CN(Cc2ccc(CCC(=O)N3CCC(Nc4ccc(F)cc4)CC3)cc2)CCN1.Cl. The van der Waals surface area contributed by atoms with Crippen molar-refractivity contribution in [2.24, 2.45) is 0 Å². The third kappa shape index (κ3) is 7.70. The van der Waals surface area contributed by atoms with Crippen LogP contribution in [0.15, 0.2) is 48.5 Å². The Labute approximate surface area is 203 Å². The van der Waals surface area contributed by atoms with Gasteiger partial charge in [-0.15, -0.1) is 12.4 Å². The minimum atomic E-state index is -0.222. The van der Waals surface area contributed by atoms with Crippen LogP contribution in [0.1, 0.15) is 37.3 Å². The molecule has 2 aliphatic rings. The molecule has 0 saturated carbocycles. The Bertz CT molecular complexity index is 869. The molecule has 2 N–H and O–H groups in total. The van der Waals surface area contributed by atoms with Crippen molar-refractivity contribution in [3.63, 3.8) is 0 Å². The Morgan fingerprint density at radius 2 is 1.70 bits per heavy atom. The first kappa shape index (κ1) is 25.5. The lowest BCUT2D eigenvalue weighted by Crippen LogP contribution is -2.48. The van der Waals surface area contributed by atoms with E-state index in [-0.39, 0.29) is 24.1 Å². The summed E-state index contributed by atoms with van der Waals surface area (Å²) in [6.45, 7) is 8.02. The lowest BCUT2D eigenvalue weighted by Gasteiger charge is -2.33. The van der Waals surface area contributed by atoms with Crippen LogP contribution in [0.25, 0.3) is 0 Å². The van der Waals surface area contributed by atoms with E-state index in [1.807, 2.05) is 4.90 Å². The molecule has 4 rings (SSSR count). The van der Waals surface area contributed by atoms with Crippen molar-refractivity contribution in [2.75, 3.05) is 38.0 Å². The standard InChI is InChI=1S/C26H35FN4O.ClH/c1-20-18-30(17-14-28-20)19-22-4-2-21(3-5-22)6-11-26(32)31-15-12-25(13-16-31)29-24-9-7-23(27)8-10-24;/h2-5,7-10,20,25,28-29H,6,11-19H2,1H3;1H/t20-;/m0./s1. The number of nitrogens with one attached hydrogen (secondary N) is 2. The molecule has 180 valence electrons. The number of hydrogen-bond donors (Lipinski definition) is 2. The zero-order chi connectivity index (χ0) is 22.3. The number of amides is 1. The molecule has 0 bridgehead atoms. The number of piperidine rings is 1. The van der Waals surface area contributed by atoms with Gasteiger partial charge in [0.1, 0.15) is 5.82 Å². The summed E-state index contributed by atoms with van der Waals surface area (Å²) in [6.07, 6.45) is 3.19. The molecule has 0 unspecified atom stereocenters. The van der Waals surface area contributed by atoms with E-state index in [0.717, 1.165) is 64.2 Å². The Morgan fingerprint density at radius 3 is 2.36 bits per heavy atom. The lowest BCUT2D eigenvalue weighted by molar-refractivity contribution is -0.132. The minimum absolute atomic E-state index is 0. The maximum Gasteiger partial charge on any atom is 0.222 e. The number of nitrogens with zero attached hydrogens (tertiary/aromatic N) is 2. The highest BCUT2D eigenvalue weighted by molar-refractivity contribution is 5.85. The first-order valence-electron chi connectivity index (χ1n) is 11.9. The first-order valence-corrected chi connectivity index (χ1v) is 11.9. The third-order valence-corrected chi connectivity index (χ3v) is 6.57. The quantitative estimate of drug-likeness (QED) is 0.635. The molecule has 2 aromatic rings. The van der Waals surface area contributed by atoms with Crippen LogP contribution in [0.3, 0.4) is 0 Å². The van der Waals surface area contributed by atoms with Gasteiger partial charge in [0.15, 0.2) is 0 Å².